The second-order valence-electron chi connectivity index (χ2n) is 28.9. The molecule has 0 fully saturated rings. The van der Waals surface area contributed by atoms with E-state index in [1.807, 2.05) is 0 Å². The number of fused-ring (bicyclic) bond motifs is 3. The predicted octanol–water partition coefficient (Wildman–Crippen LogP) is 22.3. The zero-order chi connectivity index (χ0) is 55.8. The zero-order valence-electron chi connectivity index (χ0n) is 50.1. The van der Waals surface area contributed by atoms with Crippen LogP contribution in [-0.4, -0.2) is 4.57 Å². The zero-order valence-corrected chi connectivity index (χ0v) is 50.1. The number of nitrogens with zero attached hydrogens (tertiary/aromatic N) is 2. The minimum absolute atomic E-state index is 0.0174. The lowest BCUT2D eigenvalue weighted by Crippen LogP contribution is -2.17. The van der Waals surface area contributed by atoms with Crippen LogP contribution < -0.4 is 4.90 Å². The Morgan fingerprint density at radius 2 is 0.628 bits per heavy atom. The lowest BCUT2D eigenvalue weighted by molar-refractivity contribution is 0.590. The van der Waals surface area contributed by atoms with Crippen LogP contribution in [0.5, 0.6) is 0 Å². The Bertz CT molecular complexity index is 3910. The highest BCUT2D eigenvalue weighted by molar-refractivity contribution is 6.27. The van der Waals surface area contributed by atoms with Gasteiger partial charge >= 0.3 is 0 Å². The molecule has 10 aromatic carbocycles. The Hall–Kier alpha value is -7.16. The second-order valence-corrected chi connectivity index (χ2v) is 28.9. The average Bonchev–Trinajstić information content (AvgIpc) is 3.73. The second kappa shape index (κ2) is 18.2. The van der Waals surface area contributed by atoms with Gasteiger partial charge in [0.15, 0.2) is 0 Å². The first-order chi connectivity index (χ1) is 36.4. The summed E-state index contributed by atoms with van der Waals surface area (Å²) in [6.45, 7) is 41.8. The molecule has 11 aromatic rings. The monoisotopic (exact) mass is 1020 g/mol. The van der Waals surface area contributed by atoms with Gasteiger partial charge in [0.25, 0.3) is 0 Å². The van der Waals surface area contributed by atoms with E-state index in [2.05, 4.69) is 304 Å². The quantitative estimate of drug-likeness (QED) is 0.151. The van der Waals surface area contributed by atoms with Crippen LogP contribution in [0.1, 0.15) is 158 Å². The first kappa shape index (κ1) is 52.9. The molecule has 78 heavy (non-hydrogen) atoms. The molecule has 11 rings (SSSR count). The molecule has 2 nitrogen and oxygen atoms in total. The Labute approximate surface area is 466 Å². The molecule has 1 heterocycles. The van der Waals surface area contributed by atoms with Crippen molar-refractivity contribution in [1.82, 2.24) is 4.57 Å². The minimum Gasteiger partial charge on any atom is -0.310 e. The molecule has 0 bridgehead atoms. The molecule has 0 saturated carbocycles. The van der Waals surface area contributed by atoms with Crippen LogP contribution in [0.25, 0.3) is 82.1 Å². The van der Waals surface area contributed by atoms with Crippen LogP contribution in [0, 0.1) is 0 Å². The van der Waals surface area contributed by atoms with Crippen molar-refractivity contribution in [2.45, 2.75) is 157 Å². The standard InChI is InChI=1S/C76H82N2/c1-71(2,3)53-27-19-47(20-28-53)51-39-57(75(13,14)15)43-59(41-51)77(60-42-52(40-58(44-60)76(16,17)18)48-21-29-54(30-22-48)72(4,5)6)65-35-25-49-24-34-62-66(36-26-50-23-33-61(65)69(49)70(50)62)78-67-37-31-55(73(7,8)9)45-63(67)64-46-56(74(10,11)12)32-38-68(64)78/h19-46H,1-18H3. The Kier molecular flexibility index (Phi) is 12.3. The largest absolute Gasteiger partial charge is 0.310 e. The Morgan fingerprint density at radius 1 is 0.269 bits per heavy atom. The summed E-state index contributed by atoms with van der Waals surface area (Å²) in [5.41, 5.74) is 19.8. The van der Waals surface area contributed by atoms with Crippen LogP contribution in [0.2, 0.25) is 0 Å². The van der Waals surface area contributed by atoms with Crippen LogP contribution in [0.3, 0.4) is 0 Å². The highest BCUT2D eigenvalue weighted by atomic mass is 15.1. The van der Waals surface area contributed by atoms with E-state index in [4.69, 9.17) is 0 Å². The fourth-order valence-corrected chi connectivity index (χ4v) is 11.8. The van der Waals surface area contributed by atoms with Crippen LogP contribution in [0.4, 0.5) is 17.1 Å². The maximum Gasteiger partial charge on any atom is 0.0541 e. The Morgan fingerprint density at radius 3 is 1.04 bits per heavy atom. The van der Waals surface area contributed by atoms with Gasteiger partial charge < -0.3 is 9.47 Å². The summed E-state index contributed by atoms with van der Waals surface area (Å²) < 4.78 is 2.55. The van der Waals surface area contributed by atoms with E-state index in [9.17, 15) is 0 Å². The molecular formula is C76H82N2. The SMILES string of the molecule is CC(C)(C)c1ccc(-c2cc(N(c3cc(-c4ccc(C(C)(C)C)cc4)cc(C(C)(C)C)c3)c3ccc4ccc5c(-n6c7ccc(C(C)(C)C)cc7c7cc(C(C)(C)C)ccc76)ccc6ccc3c4c65)cc(C(C)(C)C)c2)cc1. The van der Waals surface area contributed by atoms with Gasteiger partial charge in [-0.3, -0.25) is 0 Å². The van der Waals surface area contributed by atoms with Crippen molar-refractivity contribution in [3.8, 4) is 27.9 Å². The molecule has 0 aliphatic heterocycles. The van der Waals surface area contributed by atoms with Crippen molar-refractivity contribution in [2.75, 3.05) is 4.90 Å². The Balaban J connectivity index is 1.20. The summed E-state index contributed by atoms with van der Waals surface area (Å²) in [5.74, 6) is 0. The summed E-state index contributed by atoms with van der Waals surface area (Å²) >= 11 is 0. The minimum atomic E-state index is -0.122. The van der Waals surface area contributed by atoms with E-state index in [0.717, 1.165) is 17.1 Å². The molecule has 0 saturated heterocycles. The van der Waals surface area contributed by atoms with Gasteiger partial charge in [0.1, 0.15) is 0 Å². The van der Waals surface area contributed by atoms with E-state index in [0.29, 0.717) is 0 Å². The maximum absolute atomic E-state index is 2.59. The van der Waals surface area contributed by atoms with Gasteiger partial charge in [-0.05, 0) is 170 Å². The maximum atomic E-state index is 2.59. The van der Waals surface area contributed by atoms with Crippen molar-refractivity contribution >= 4 is 71.2 Å². The molecule has 0 aliphatic carbocycles. The molecule has 396 valence electrons. The van der Waals surface area contributed by atoms with Gasteiger partial charge in [0.05, 0.1) is 22.4 Å². The van der Waals surface area contributed by atoms with Crippen molar-refractivity contribution in [3.63, 3.8) is 0 Å². The fraction of sp³-hybridized carbons (Fsp3) is 0.316. The molecule has 2 heteroatoms. The summed E-state index contributed by atoms with van der Waals surface area (Å²) in [6, 6.07) is 66.6. The predicted molar refractivity (Wildman–Crippen MR) is 342 cm³/mol. The van der Waals surface area contributed by atoms with Crippen LogP contribution in [-0.2, 0) is 32.5 Å². The molecule has 0 radical (unpaired) electrons. The van der Waals surface area contributed by atoms with E-state index >= 15 is 0 Å². The molecule has 0 atom stereocenters. The average molecular weight is 1020 g/mol. The molecule has 0 unspecified atom stereocenters. The lowest BCUT2D eigenvalue weighted by Gasteiger charge is -2.32. The van der Waals surface area contributed by atoms with Crippen molar-refractivity contribution in [3.05, 3.63) is 203 Å². The molecule has 0 N–H and O–H groups in total. The van der Waals surface area contributed by atoms with Crippen molar-refractivity contribution < 1.29 is 0 Å². The van der Waals surface area contributed by atoms with Crippen molar-refractivity contribution in [2.24, 2.45) is 0 Å². The summed E-state index contributed by atoms with van der Waals surface area (Å²) in [4.78, 5) is 2.59. The third-order valence-corrected chi connectivity index (χ3v) is 16.9. The van der Waals surface area contributed by atoms with Crippen LogP contribution >= 0.6 is 0 Å². The molecule has 0 spiro atoms. The van der Waals surface area contributed by atoms with Crippen molar-refractivity contribution in [1.29, 1.82) is 0 Å². The number of hydrogen-bond acceptors (Lipinski definition) is 1. The number of hydrogen-bond donors (Lipinski definition) is 0. The van der Waals surface area contributed by atoms with Gasteiger partial charge in [0, 0.05) is 32.9 Å². The van der Waals surface area contributed by atoms with Gasteiger partial charge in [-0.1, -0.05) is 234 Å². The first-order valence-electron chi connectivity index (χ1n) is 28.6. The third kappa shape index (κ3) is 9.48. The van der Waals surface area contributed by atoms with E-state index in [1.54, 1.807) is 0 Å². The number of rotatable bonds is 6. The van der Waals surface area contributed by atoms with Gasteiger partial charge in [-0.15, -0.1) is 0 Å². The normalized spacial score (nSPS) is 13.3. The smallest absolute Gasteiger partial charge is 0.0541 e. The van der Waals surface area contributed by atoms with Gasteiger partial charge in [0.2, 0.25) is 0 Å². The molecular weight excluding hydrogens is 941 g/mol. The van der Waals surface area contributed by atoms with E-state index in [-0.39, 0.29) is 32.5 Å². The third-order valence-electron chi connectivity index (χ3n) is 16.9. The highest BCUT2D eigenvalue weighted by Gasteiger charge is 2.28. The summed E-state index contributed by atoms with van der Waals surface area (Å²) in [7, 11) is 0. The molecule has 0 aliphatic rings. The number of aromatic nitrogens is 1. The van der Waals surface area contributed by atoms with Crippen LogP contribution in [0.15, 0.2) is 170 Å². The number of benzene rings is 10. The molecule has 1 aromatic heterocycles. The summed E-state index contributed by atoms with van der Waals surface area (Å²) in [6.07, 6.45) is 0. The number of anilines is 3. The highest BCUT2D eigenvalue weighted by Crippen LogP contribution is 2.49. The fourth-order valence-electron chi connectivity index (χ4n) is 11.8. The molecule has 0 amide bonds. The first-order valence-corrected chi connectivity index (χ1v) is 28.6. The topological polar surface area (TPSA) is 8.17 Å². The van der Waals surface area contributed by atoms with E-state index in [1.165, 1.54) is 115 Å². The van der Waals surface area contributed by atoms with E-state index < -0.39 is 0 Å². The van der Waals surface area contributed by atoms with Gasteiger partial charge in [-0.2, -0.15) is 0 Å². The summed E-state index contributed by atoms with van der Waals surface area (Å²) in [5, 5.41) is 10.1. The van der Waals surface area contributed by atoms with Gasteiger partial charge in [-0.25, -0.2) is 0 Å². The lowest BCUT2D eigenvalue weighted by atomic mass is 9.83.